The fourth-order valence-corrected chi connectivity index (χ4v) is 1.92. The summed E-state index contributed by atoms with van der Waals surface area (Å²) in [5, 5.41) is 11.2. The average Bonchev–Trinajstić information content (AvgIpc) is 2.61. The quantitative estimate of drug-likeness (QED) is 0.608. The lowest BCUT2D eigenvalue weighted by Crippen LogP contribution is -2.24. The number of hydroxylamine groups is 1. The maximum atomic E-state index is 12.2. The first-order valence-electron chi connectivity index (χ1n) is 6.78. The molecule has 0 atom stereocenters. The van der Waals surface area contributed by atoms with E-state index in [4.69, 9.17) is 14.3 Å². The molecule has 0 bridgehead atoms. The Bertz CT molecular complexity index is 735. The van der Waals surface area contributed by atoms with Gasteiger partial charge in [0.1, 0.15) is 12.2 Å². The van der Waals surface area contributed by atoms with Crippen molar-refractivity contribution in [3.8, 4) is 11.5 Å². The number of nitrogens with zero attached hydrogens (tertiary/aromatic N) is 2. The molecule has 9 heteroatoms. The number of nitrogens with one attached hydrogen (secondary N) is 1. The molecule has 0 saturated heterocycles. The highest BCUT2D eigenvalue weighted by atomic mass is 16.7. The van der Waals surface area contributed by atoms with Gasteiger partial charge in [-0.15, -0.1) is 0 Å². The number of benzene rings is 1. The van der Waals surface area contributed by atoms with E-state index in [-0.39, 0.29) is 23.7 Å². The van der Waals surface area contributed by atoms with Crippen molar-refractivity contribution in [1.29, 1.82) is 0 Å². The predicted octanol–water partition coefficient (Wildman–Crippen LogP) is 1.87. The van der Waals surface area contributed by atoms with Gasteiger partial charge >= 0.3 is 0 Å². The first-order valence-corrected chi connectivity index (χ1v) is 6.78. The van der Waals surface area contributed by atoms with Crippen LogP contribution in [0.25, 0.3) is 0 Å². The van der Waals surface area contributed by atoms with Crippen LogP contribution in [0, 0.1) is 10.1 Å². The van der Waals surface area contributed by atoms with Crippen LogP contribution in [0.5, 0.6) is 11.5 Å². The van der Waals surface area contributed by atoms with E-state index in [1.165, 1.54) is 20.3 Å². The van der Waals surface area contributed by atoms with Crippen LogP contribution in [0.3, 0.4) is 0 Å². The second-order valence-electron chi connectivity index (χ2n) is 4.56. The van der Waals surface area contributed by atoms with Gasteiger partial charge in [0.25, 0.3) is 11.6 Å². The Hall–Kier alpha value is -3.20. The molecule has 1 heterocycles. The summed E-state index contributed by atoms with van der Waals surface area (Å²) in [7, 11) is 2.71. The smallest absolute Gasteiger partial charge is 0.286 e. The normalized spacial score (nSPS) is 10.1. The molecule has 0 fully saturated rings. The van der Waals surface area contributed by atoms with Crippen LogP contribution in [0.2, 0.25) is 0 Å². The monoisotopic (exact) mass is 333 g/mol. The van der Waals surface area contributed by atoms with E-state index in [1.54, 1.807) is 24.5 Å². The SMILES string of the molecule is COc1cc(C(=O)NOCc2cccnc2)c([N+](=O)[O-])cc1OC. The Morgan fingerprint density at radius 2 is 2.00 bits per heavy atom. The van der Waals surface area contributed by atoms with E-state index in [0.29, 0.717) is 0 Å². The molecule has 2 aromatic rings. The molecule has 9 nitrogen and oxygen atoms in total. The maximum absolute atomic E-state index is 12.2. The van der Waals surface area contributed by atoms with Crippen molar-refractivity contribution in [2.45, 2.75) is 6.61 Å². The maximum Gasteiger partial charge on any atom is 0.286 e. The highest BCUT2D eigenvalue weighted by Crippen LogP contribution is 2.34. The second-order valence-corrected chi connectivity index (χ2v) is 4.56. The molecule has 1 N–H and O–H groups in total. The third-order valence-corrected chi connectivity index (χ3v) is 3.07. The van der Waals surface area contributed by atoms with Gasteiger partial charge in [-0.25, -0.2) is 5.48 Å². The molecule has 0 unspecified atom stereocenters. The predicted molar refractivity (Wildman–Crippen MR) is 82.7 cm³/mol. The van der Waals surface area contributed by atoms with Crippen molar-refractivity contribution in [3.63, 3.8) is 0 Å². The van der Waals surface area contributed by atoms with Gasteiger partial charge in [-0.2, -0.15) is 0 Å². The molecule has 2 rings (SSSR count). The summed E-state index contributed by atoms with van der Waals surface area (Å²) < 4.78 is 10.1. The Morgan fingerprint density at radius 3 is 2.58 bits per heavy atom. The van der Waals surface area contributed by atoms with Crippen LogP contribution in [0.1, 0.15) is 15.9 Å². The van der Waals surface area contributed by atoms with Crippen molar-refractivity contribution in [1.82, 2.24) is 10.5 Å². The number of ether oxygens (including phenoxy) is 2. The highest BCUT2D eigenvalue weighted by molar-refractivity contribution is 5.98. The molecule has 0 radical (unpaired) electrons. The number of hydrogen-bond donors (Lipinski definition) is 1. The number of pyridine rings is 1. The summed E-state index contributed by atoms with van der Waals surface area (Å²) in [6.45, 7) is 0.0701. The third kappa shape index (κ3) is 3.96. The van der Waals surface area contributed by atoms with Crippen LogP contribution in [0.15, 0.2) is 36.7 Å². The Labute approximate surface area is 137 Å². The van der Waals surface area contributed by atoms with E-state index in [1.807, 2.05) is 0 Å². The fraction of sp³-hybridized carbons (Fsp3) is 0.200. The Morgan fingerprint density at radius 1 is 1.29 bits per heavy atom. The van der Waals surface area contributed by atoms with Gasteiger partial charge in [0.2, 0.25) is 0 Å². The molecule has 1 amide bonds. The molecule has 1 aromatic heterocycles. The number of amides is 1. The topological polar surface area (TPSA) is 113 Å². The van der Waals surface area contributed by atoms with Crippen LogP contribution in [0.4, 0.5) is 5.69 Å². The number of hydrogen-bond acceptors (Lipinski definition) is 7. The lowest BCUT2D eigenvalue weighted by Gasteiger charge is -2.11. The summed E-state index contributed by atoms with van der Waals surface area (Å²) in [6.07, 6.45) is 3.18. The molecular formula is C15H15N3O6. The summed E-state index contributed by atoms with van der Waals surface area (Å²) in [4.78, 5) is 31.6. The van der Waals surface area contributed by atoms with Gasteiger partial charge < -0.3 is 9.47 Å². The first kappa shape index (κ1) is 17.2. The molecule has 0 aliphatic rings. The van der Waals surface area contributed by atoms with Gasteiger partial charge in [-0.05, 0) is 11.6 Å². The number of rotatable bonds is 7. The third-order valence-electron chi connectivity index (χ3n) is 3.07. The Balaban J connectivity index is 2.16. The molecule has 0 saturated carbocycles. The van der Waals surface area contributed by atoms with Crippen LogP contribution in [-0.2, 0) is 11.4 Å². The molecular weight excluding hydrogens is 318 g/mol. The first-order chi connectivity index (χ1) is 11.6. The molecule has 0 spiro atoms. The van der Waals surface area contributed by atoms with Crippen molar-refractivity contribution in [3.05, 3.63) is 57.9 Å². The number of carbonyl (C=O) groups excluding carboxylic acids is 1. The average molecular weight is 333 g/mol. The molecule has 0 aliphatic heterocycles. The highest BCUT2D eigenvalue weighted by Gasteiger charge is 2.24. The van der Waals surface area contributed by atoms with Gasteiger partial charge in [-0.3, -0.25) is 24.7 Å². The molecule has 0 aliphatic carbocycles. The molecule has 126 valence electrons. The van der Waals surface area contributed by atoms with Crippen LogP contribution in [-0.4, -0.2) is 30.0 Å². The van der Waals surface area contributed by atoms with E-state index in [9.17, 15) is 14.9 Å². The van der Waals surface area contributed by atoms with E-state index in [0.717, 1.165) is 11.6 Å². The van der Waals surface area contributed by atoms with E-state index in [2.05, 4.69) is 10.5 Å². The van der Waals surface area contributed by atoms with Gasteiger partial charge in [-0.1, -0.05) is 6.07 Å². The number of nitro benzene ring substituents is 1. The van der Waals surface area contributed by atoms with Crippen LogP contribution >= 0.6 is 0 Å². The molecule has 24 heavy (non-hydrogen) atoms. The number of methoxy groups -OCH3 is 2. The van der Waals surface area contributed by atoms with Crippen LogP contribution < -0.4 is 15.0 Å². The minimum Gasteiger partial charge on any atom is -0.493 e. The fourth-order valence-electron chi connectivity index (χ4n) is 1.92. The lowest BCUT2D eigenvalue weighted by molar-refractivity contribution is -0.385. The van der Waals surface area contributed by atoms with Crippen molar-refractivity contribution in [2.75, 3.05) is 14.2 Å². The van der Waals surface area contributed by atoms with Gasteiger partial charge in [0, 0.05) is 18.5 Å². The number of aromatic nitrogens is 1. The minimum atomic E-state index is -0.772. The van der Waals surface area contributed by atoms with Crippen molar-refractivity contribution < 1.29 is 24.0 Å². The number of carbonyl (C=O) groups is 1. The standard InChI is InChI=1S/C15H15N3O6/c1-22-13-6-11(12(18(20)21)7-14(13)23-2)15(19)17-24-9-10-4-3-5-16-8-10/h3-8H,9H2,1-2H3,(H,17,19). The van der Waals surface area contributed by atoms with E-state index >= 15 is 0 Å². The zero-order valence-corrected chi connectivity index (χ0v) is 13.0. The molecule has 1 aromatic carbocycles. The zero-order valence-electron chi connectivity index (χ0n) is 13.0. The zero-order chi connectivity index (χ0) is 17.5. The van der Waals surface area contributed by atoms with Crippen molar-refractivity contribution in [2.24, 2.45) is 0 Å². The Kier molecular flexibility index (Phi) is 5.63. The summed E-state index contributed by atoms with van der Waals surface area (Å²) in [5.74, 6) is -0.427. The number of nitro groups is 1. The van der Waals surface area contributed by atoms with Gasteiger partial charge in [0.05, 0.1) is 25.2 Å². The second kappa shape index (κ2) is 7.88. The van der Waals surface area contributed by atoms with Crippen molar-refractivity contribution >= 4 is 11.6 Å². The summed E-state index contributed by atoms with van der Waals surface area (Å²) in [6, 6.07) is 5.83. The minimum absolute atomic E-state index is 0.0701. The van der Waals surface area contributed by atoms with E-state index < -0.39 is 16.5 Å². The summed E-state index contributed by atoms with van der Waals surface area (Å²) >= 11 is 0. The largest absolute Gasteiger partial charge is 0.493 e. The summed E-state index contributed by atoms with van der Waals surface area (Å²) in [5.41, 5.74) is 2.27. The lowest BCUT2D eigenvalue weighted by atomic mass is 10.1. The van der Waals surface area contributed by atoms with Gasteiger partial charge in [0.15, 0.2) is 11.5 Å².